The van der Waals surface area contributed by atoms with Crippen LogP contribution in [0.1, 0.15) is 42.5 Å². The van der Waals surface area contributed by atoms with Gasteiger partial charge in [0, 0.05) is 24.3 Å². The van der Waals surface area contributed by atoms with E-state index >= 15 is 0 Å². The highest BCUT2D eigenvalue weighted by atomic mass is 16.1. The molecule has 1 aromatic carbocycles. The van der Waals surface area contributed by atoms with Crippen LogP contribution in [0.4, 0.5) is 5.69 Å². The molecular weight excluding hydrogens is 260 g/mol. The Bertz CT molecular complexity index is 509. The monoisotopic (exact) mass is 284 g/mol. The fourth-order valence-electron chi connectivity index (χ4n) is 5.22. The molecule has 0 aliphatic heterocycles. The maximum absolute atomic E-state index is 11.6. The molecule has 4 saturated carbocycles. The van der Waals surface area contributed by atoms with Gasteiger partial charge in [0.2, 0.25) is 0 Å². The fourth-order valence-corrected chi connectivity index (χ4v) is 5.22. The molecule has 3 nitrogen and oxygen atoms in total. The van der Waals surface area contributed by atoms with Gasteiger partial charge in [0.1, 0.15) is 0 Å². The molecule has 21 heavy (non-hydrogen) atoms. The zero-order chi connectivity index (χ0) is 14.4. The van der Waals surface area contributed by atoms with E-state index in [0.29, 0.717) is 6.04 Å². The van der Waals surface area contributed by atoms with E-state index in [1.165, 1.54) is 37.8 Å². The molecule has 1 amide bonds. The van der Waals surface area contributed by atoms with E-state index in [2.05, 4.69) is 22.8 Å². The van der Waals surface area contributed by atoms with Crippen LogP contribution in [-0.4, -0.2) is 19.0 Å². The van der Waals surface area contributed by atoms with Gasteiger partial charge in [0.05, 0.1) is 0 Å². The minimum absolute atomic E-state index is 0.0174. The molecule has 4 fully saturated rings. The zero-order valence-corrected chi connectivity index (χ0v) is 12.6. The standard InChI is InChI=1S/C18H24N2O/c1-19-18(21)13-2-4-16(5-3-13)20-17-14-7-11-6-12(9-14)10-15(17)8-11/h2-5,11-12,14-15,17,20H,6-10H2,1H3,(H,19,21). The molecule has 112 valence electrons. The van der Waals surface area contributed by atoms with Crippen molar-refractivity contribution in [3.8, 4) is 0 Å². The minimum atomic E-state index is -0.0174. The lowest BCUT2D eigenvalue weighted by molar-refractivity contribution is 0.00754. The van der Waals surface area contributed by atoms with Crippen LogP contribution in [0.5, 0.6) is 0 Å². The summed E-state index contributed by atoms with van der Waals surface area (Å²) in [6.07, 6.45) is 7.23. The summed E-state index contributed by atoms with van der Waals surface area (Å²) in [6.45, 7) is 0. The van der Waals surface area contributed by atoms with Crippen LogP contribution in [0.3, 0.4) is 0 Å². The summed E-state index contributed by atoms with van der Waals surface area (Å²) in [7, 11) is 1.67. The summed E-state index contributed by atoms with van der Waals surface area (Å²) in [6, 6.07) is 8.59. The van der Waals surface area contributed by atoms with Crippen LogP contribution in [0, 0.1) is 23.7 Å². The maximum Gasteiger partial charge on any atom is 0.251 e. The minimum Gasteiger partial charge on any atom is -0.382 e. The Morgan fingerprint density at radius 3 is 2.05 bits per heavy atom. The summed E-state index contributed by atoms with van der Waals surface area (Å²) in [5, 5.41) is 6.44. The lowest BCUT2D eigenvalue weighted by atomic mass is 9.54. The van der Waals surface area contributed by atoms with Crippen LogP contribution in [0.25, 0.3) is 0 Å². The number of amides is 1. The van der Waals surface area contributed by atoms with Crippen molar-refractivity contribution < 1.29 is 4.79 Å². The van der Waals surface area contributed by atoms with Crippen molar-refractivity contribution in [1.82, 2.24) is 5.32 Å². The molecule has 0 spiro atoms. The highest BCUT2D eigenvalue weighted by Crippen LogP contribution is 2.54. The van der Waals surface area contributed by atoms with Gasteiger partial charge >= 0.3 is 0 Å². The Hall–Kier alpha value is -1.51. The van der Waals surface area contributed by atoms with E-state index in [-0.39, 0.29) is 5.91 Å². The summed E-state index contributed by atoms with van der Waals surface area (Å²) < 4.78 is 0. The maximum atomic E-state index is 11.6. The smallest absolute Gasteiger partial charge is 0.251 e. The van der Waals surface area contributed by atoms with Crippen LogP contribution in [-0.2, 0) is 0 Å². The van der Waals surface area contributed by atoms with E-state index in [1.54, 1.807) is 7.05 Å². The fraction of sp³-hybridized carbons (Fsp3) is 0.611. The third-order valence-electron chi connectivity index (χ3n) is 5.93. The van der Waals surface area contributed by atoms with Crippen molar-refractivity contribution in [3.05, 3.63) is 29.8 Å². The summed E-state index contributed by atoms with van der Waals surface area (Å²) in [5.41, 5.74) is 1.90. The Morgan fingerprint density at radius 2 is 1.52 bits per heavy atom. The van der Waals surface area contributed by atoms with Gasteiger partial charge in [-0.3, -0.25) is 4.79 Å². The number of anilines is 1. The molecule has 0 radical (unpaired) electrons. The molecule has 0 aromatic heterocycles. The van der Waals surface area contributed by atoms with Gasteiger partial charge in [-0.2, -0.15) is 0 Å². The predicted octanol–water partition coefficient (Wildman–Crippen LogP) is 3.28. The van der Waals surface area contributed by atoms with Gasteiger partial charge in [0.15, 0.2) is 0 Å². The van der Waals surface area contributed by atoms with Gasteiger partial charge < -0.3 is 10.6 Å². The van der Waals surface area contributed by atoms with Crippen molar-refractivity contribution in [2.75, 3.05) is 12.4 Å². The molecule has 4 aliphatic rings. The molecule has 4 bridgehead atoms. The normalized spacial score (nSPS) is 36.5. The van der Waals surface area contributed by atoms with Crippen molar-refractivity contribution in [3.63, 3.8) is 0 Å². The van der Waals surface area contributed by atoms with Crippen molar-refractivity contribution in [1.29, 1.82) is 0 Å². The quantitative estimate of drug-likeness (QED) is 0.894. The summed E-state index contributed by atoms with van der Waals surface area (Å²) in [4.78, 5) is 11.6. The number of hydrogen-bond donors (Lipinski definition) is 2. The van der Waals surface area contributed by atoms with Crippen molar-refractivity contribution >= 4 is 11.6 Å². The molecule has 0 atom stereocenters. The van der Waals surface area contributed by atoms with E-state index in [1.807, 2.05) is 12.1 Å². The number of carbonyl (C=O) groups is 1. The second kappa shape index (κ2) is 5.04. The Kier molecular flexibility index (Phi) is 3.16. The van der Waals surface area contributed by atoms with Crippen LogP contribution >= 0.6 is 0 Å². The van der Waals surface area contributed by atoms with Gasteiger partial charge in [-0.05, 0) is 80.0 Å². The van der Waals surface area contributed by atoms with Crippen LogP contribution in [0.15, 0.2) is 24.3 Å². The van der Waals surface area contributed by atoms with Crippen LogP contribution < -0.4 is 10.6 Å². The predicted molar refractivity (Wildman–Crippen MR) is 84.3 cm³/mol. The summed E-state index contributed by atoms with van der Waals surface area (Å²) >= 11 is 0. The third-order valence-corrected chi connectivity index (χ3v) is 5.93. The average Bonchev–Trinajstić information content (AvgIpc) is 2.50. The van der Waals surface area contributed by atoms with Crippen molar-refractivity contribution in [2.45, 2.75) is 38.1 Å². The Labute approximate surface area is 126 Å². The number of hydrogen-bond acceptors (Lipinski definition) is 2. The molecule has 4 aliphatic carbocycles. The average molecular weight is 284 g/mol. The highest BCUT2D eigenvalue weighted by molar-refractivity contribution is 5.94. The van der Waals surface area contributed by atoms with E-state index in [0.717, 1.165) is 29.2 Å². The van der Waals surface area contributed by atoms with Crippen LogP contribution in [0.2, 0.25) is 0 Å². The molecule has 0 heterocycles. The molecule has 1 aromatic rings. The SMILES string of the molecule is CNC(=O)c1ccc(NC2C3CC4CC(C3)CC2C4)cc1. The number of rotatable bonds is 3. The van der Waals surface area contributed by atoms with Gasteiger partial charge in [-0.25, -0.2) is 0 Å². The Balaban J connectivity index is 1.47. The zero-order valence-electron chi connectivity index (χ0n) is 12.6. The number of carbonyl (C=O) groups excluding carboxylic acids is 1. The first-order valence-electron chi connectivity index (χ1n) is 8.31. The molecule has 0 saturated heterocycles. The molecule has 5 rings (SSSR count). The van der Waals surface area contributed by atoms with E-state index in [9.17, 15) is 4.79 Å². The van der Waals surface area contributed by atoms with Gasteiger partial charge in [0.25, 0.3) is 5.91 Å². The molecule has 0 unspecified atom stereocenters. The first-order chi connectivity index (χ1) is 10.2. The number of benzene rings is 1. The van der Waals surface area contributed by atoms with E-state index < -0.39 is 0 Å². The van der Waals surface area contributed by atoms with Gasteiger partial charge in [-0.1, -0.05) is 0 Å². The molecule has 2 N–H and O–H groups in total. The topological polar surface area (TPSA) is 41.1 Å². The highest BCUT2D eigenvalue weighted by Gasteiger charge is 2.48. The lowest BCUT2D eigenvalue weighted by Crippen LogP contribution is -2.51. The lowest BCUT2D eigenvalue weighted by Gasteiger charge is -2.54. The van der Waals surface area contributed by atoms with E-state index in [4.69, 9.17) is 0 Å². The molecular formula is C18H24N2O. The summed E-state index contributed by atoms with van der Waals surface area (Å²) in [5.74, 6) is 3.76. The first kappa shape index (κ1) is 13.2. The Morgan fingerprint density at radius 1 is 0.952 bits per heavy atom. The number of nitrogens with one attached hydrogen (secondary N) is 2. The molecule has 3 heteroatoms. The second-order valence-corrected chi connectivity index (χ2v) is 7.26. The first-order valence-corrected chi connectivity index (χ1v) is 8.31. The second-order valence-electron chi connectivity index (χ2n) is 7.26. The third kappa shape index (κ3) is 2.33. The van der Waals surface area contributed by atoms with Crippen molar-refractivity contribution in [2.24, 2.45) is 23.7 Å². The largest absolute Gasteiger partial charge is 0.382 e. The van der Waals surface area contributed by atoms with Gasteiger partial charge in [-0.15, -0.1) is 0 Å².